The molecule has 0 aliphatic carbocycles. The Kier molecular flexibility index (Phi) is 7.04. The molecule has 2 aromatic carbocycles. The molecule has 2 aromatic heterocycles. The van der Waals surface area contributed by atoms with Gasteiger partial charge >= 0.3 is 0 Å². The largest absolute Gasteiger partial charge is 0.348 e. The first-order chi connectivity index (χ1) is 16.8. The molecule has 0 aliphatic rings. The smallest absolute Gasteiger partial charge is 0.265 e. The van der Waals surface area contributed by atoms with Crippen molar-refractivity contribution in [1.82, 2.24) is 25.1 Å². The van der Waals surface area contributed by atoms with Gasteiger partial charge in [-0.25, -0.2) is 14.1 Å². The first-order valence-corrected chi connectivity index (χ1v) is 12.9. The van der Waals surface area contributed by atoms with Gasteiger partial charge in [-0.15, -0.1) is 0 Å². The standard InChI is InChI=1S/C24H23FN5O4P/c1-3-34-35(2,33)19-11-5-16(6-12-19)15-26-22(31)20-21(17-7-9-18(25)10-8-17)28-24(29-23(20)32)30-14-4-13-27-30/h4-14H,3,15H2,1-2H3,(H,26,31)(H,28,29,32)/t35-/m1/s1. The number of nitrogens with one attached hydrogen (secondary N) is 2. The van der Waals surface area contributed by atoms with Gasteiger partial charge in [0.1, 0.15) is 11.4 Å². The number of rotatable bonds is 8. The van der Waals surface area contributed by atoms with Gasteiger partial charge in [-0.1, -0.05) is 12.1 Å². The Balaban J connectivity index is 1.62. The van der Waals surface area contributed by atoms with E-state index >= 15 is 0 Å². The van der Waals surface area contributed by atoms with Gasteiger partial charge in [0.2, 0.25) is 13.3 Å². The SMILES string of the molecule is CCO[P@@](C)(=O)c1ccc(CNC(=O)c2c(-c3ccc(F)cc3)nc(-n3cccn3)[nH]c2=O)cc1. The zero-order valence-corrected chi connectivity index (χ0v) is 20.0. The van der Waals surface area contributed by atoms with E-state index in [9.17, 15) is 18.5 Å². The van der Waals surface area contributed by atoms with Crippen molar-refractivity contribution >= 4 is 18.6 Å². The quantitative estimate of drug-likeness (QED) is 0.362. The maximum atomic E-state index is 13.5. The number of hydrogen-bond acceptors (Lipinski definition) is 6. The van der Waals surface area contributed by atoms with Crippen molar-refractivity contribution in [2.24, 2.45) is 0 Å². The Morgan fingerprint density at radius 2 is 1.89 bits per heavy atom. The van der Waals surface area contributed by atoms with E-state index < -0.39 is 24.7 Å². The Morgan fingerprint density at radius 1 is 1.17 bits per heavy atom. The van der Waals surface area contributed by atoms with Gasteiger partial charge in [0.05, 0.1) is 12.3 Å². The highest BCUT2D eigenvalue weighted by molar-refractivity contribution is 7.66. The number of aromatic amines is 1. The Hall–Kier alpha value is -3.88. The van der Waals surface area contributed by atoms with Crippen LogP contribution in [0.5, 0.6) is 0 Å². The van der Waals surface area contributed by atoms with Crippen LogP contribution in [0.15, 0.2) is 71.8 Å². The van der Waals surface area contributed by atoms with Crippen LogP contribution in [0.2, 0.25) is 0 Å². The monoisotopic (exact) mass is 495 g/mol. The maximum absolute atomic E-state index is 13.5. The average molecular weight is 495 g/mol. The highest BCUT2D eigenvalue weighted by atomic mass is 31.2. The minimum absolute atomic E-state index is 0.0933. The van der Waals surface area contributed by atoms with Gasteiger partial charge in [-0.05, 0) is 55.0 Å². The van der Waals surface area contributed by atoms with E-state index in [0.29, 0.717) is 17.5 Å². The van der Waals surface area contributed by atoms with Crippen LogP contribution in [0.3, 0.4) is 0 Å². The summed E-state index contributed by atoms with van der Waals surface area (Å²) in [7, 11) is -2.90. The Morgan fingerprint density at radius 3 is 2.51 bits per heavy atom. The topological polar surface area (TPSA) is 119 Å². The van der Waals surface area contributed by atoms with Crippen molar-refractivity contribution in [3.8, 4) is 17.2 Å². The first-order valence-electron chi connectivity index (χ1n) is 10.8. The molecule has 9 nitrogen and oxygen atoms in total. The number of benzene rings is 2. The zero-order valence-electron chi connectivity index (χ0n) is 19.1. The van der Waals surface area contributed by atoms with Crippen LogP contribution in [0.25, 0.3) is 17.2 Å². The van der Waals surface area contributed by atoms with Crippen LogP contribution in [-0.4, -0.2) is 38.9 Å². The fourth-order valence-corrected chi connectivity index (χ4v) is 4.80. The molecule has 11 heteroatoms. The lowest BCUT2D eigenvalue weighted by Crippen LogP contribution is -2.31. The average Bonchev–Trinajstić information content (AvgIpc) is 3.38. The second-order valence-corrected chi connectivity index (χ2v) is 10.1. The minimum atomic E-state index is -2.90. The van der Waals surface area contributed by atoms with E-state index in [1.807, 2.05) is 0 Å². The van der Waals surface area contributed by atoms with Gasteiger partial charge in [-0.3, -0.25) is 19.1 Å². The van der Waals surface area contributed by atoms with E-state index in [-0.39, 0.29) is 23.8 Å². The van der Waals surface area contributed by atoms with E-state index in [1.54, 1.807) is 50.1 Å². The van der Waals surface area contributed by atoms with Crippen LogP contribution in [0.1, 0.15) is 22.8 Å². The highest BCUT2D eigenvalue weighted by Crippen LogP contribution is 2.40. The highest BCUT2D eigenvalue weighted by Gasteiger charge is 2.22. The molecule has 4 rings (SSSR count). The van der Waals surface area contributed by atoms with Crippen molar-refractivity contribution in [3.05, 3.63) is 94.3 Å². The molecular formula is C24H23FN5O4P. The van der Waals surface area contributed by atoms with Crippen LogP contribution >= 0.6 is 7.37 Å². The molecule has 0 unspecified atom stereocenters. The summed E-state index contributed by atoms with van der Waals surface area (Å²) in [5.74, 6) is -0.990. The number of hydrogen-bond donors (Lipinski definition) is 2. The molecule has 0 spiro atoms. The van der Waals surface area contributed by atoms with Gasteiger partial charge in [0, 0.05) is 36.5 Å². The molecule has 2 heterocycles. The lowest BCUT2D eigenvalue weighted by atomic mass is 10.1. The predicted octanol–water partition coefficient (Wildman–Crippen LogP) is 3.26. The molecule has 4 aromatic rings. The number of aromatic nitrogens is 4. The third-order valence-corrected chi connectivity index (χ3v) is 7.19. The second kappa shape index (κ2) is 10.2. The minimum Gasteiger partial charge on any atom is -0.348 e. The summed E-state index contributed by atoms with van der Waals surface area (Å²) in [5, 5.41) is 7.35. The number of carbonyl (C=O) groups excluding carboxylic acids is 1. The Bertz CT molecular complexity index is 1430. The van der Waals surface area contributed by atoms with E-state index in [2.05, 4.69) is 20.4 Å². The van der Waals surface area contributed by atoms with Gasteiger partial charge in [0.25, 0.3) is 11.5 Å². The fourth-order valence-electron chi connectivity index (χ4n) is 3.47. The summed E-state index contributed by atoms with van der Waals surface area (Å²) in [5.41, 5.74) is 0.352. The van der Waals surface area contributed by atoms with Gasteiger partial charge in [-0.2, -0.15) is 5.10 Å². The molecule has 1 atom stereocenters. The number of carbonyl (C=O) groups is 1. The summed E-state index contributed by atoms with van der Waals surface area (Å²) in [6.45, 7) is 3.78. The van der Waals surface area contributed by atoms with Crippen molar-refractivity contribution in [3.63, 3.8) is 0 Å². The fraction of sp³-hybridized carbons (Fsp3) is 0.167. The summed E-state index contributed by atoms with van der Waals surface area (Å²) in [6, 6.07) is 13.8. The number of amides is 1. The molecule has 0 saturated heterocycles. The van der Waals surface area contributed by atoms with E-state index in [1.165, 1.54) is 35.1 Å². The normalized spacial score (nSPS) is 12.8. The molecule has 180 valence electrons. The zero-order chi connectivity index (χ0) is 25.0. The Labute approximate surface area is 200 Å². The third-order valence-electron chi connectivity index (χ3n) is 5.21. The van der Waals surface area contributed by atoms with Crippen molar-refractivity contribution in [1.29, 1.82) is 0 Å². The molecule has 35 heavy (non-hydrogen) atoms. The second-order valence-electron chi connectivity index (χ2n) is 7.68. The van der Waals surface area contributed by atoms with E-state index in [0.717, 1.165) is 5.56 Å². The number of H-pyrrole nitrogens is 1. The summed E-state index contributed by atoms with van der Waals surface area (Å²) in [6.07, 6.45) is 3.12. The molecule has 0 fully saturated rings. The van der Waals surface area contributed by atoms with Gasteiger partial charge in [0.15, 0.2) is 0 Å². The summed E-state index contributed by atoms with van der Waals surface area (Å²) in [4.78, 5) is 33.0. The van der Waals surface area contributed by atoms with Crippen LogP contribution in [0, 0.1) is 5.82 Å². The van der Waals surface area contributed by atoms with Gasteiger partial charge < -0.3 is 9.84 Å². The van der Waals surface area contributed by atoms with Crippen LogP contribution in [0.4, 0.5) is 4.39 Å². The lowest BCUT2D eigenvalue weighted by molar-refractivity contribution is 0.0949. The van der Waals surface area contributed by atoms with Crippen molar-refractivity contribution in [2.75, 3.05) is 13.3 Å². The van der Waals surface area contributed by atoms with Crippen LogP contribution in [-0.2, 0) is 15.6 Å². The molecule has 0 aliphatic heterocycles. The summed E-state index contributed by atoms with van der Waals surface area (Å²) < 4.78 is 32.7. The molecule has 0 saturated carbocycles. The molecular weight excluding hydrogens is 472 g/mol. The number of halogens is 1. The van der Waals surface area contributed by atoms with Crippen LogP contribution < -0.4 is 16.2 Å². The molecule has 0 radical (unpaired) electrons. The molecule has 1 amide bonds. The van der Waals surface area contributed by atoms with E-state index in [4.69, 9.17) is 4.52 Å². The van der Waals surface area contributed by atoms with Crippen molar-refractivity contribution in [2.45, 2.75) is 13.5 Å². The maximum Gasteiger partial charge on any atom is 0.265 e. The predicted molar refractivity (Wildman–Crippen MR) is 130 cm³/mol. The first kappa shape index (κ1) is 24.3. The molecule has 2 N–H and O–H groups in total. The van der Waals surface area contributed by atoms with Crippen molar-refractivity contribution < 1.29 is 18.3 Å². The number of nitrogens with zero attached hydrogens (tertiary/aromatic N) is 3. The molecule has 0 bridgehead atoms. The lowest BCUT2D eigenvalue weighted by Gasteiger charge is -2.14. The summed E-state index contributed by atoms with van der Waals surface area (Å²) >= 11 is 0. The third kappa shape index (κ3) is 5.45.